The van der Waals surface area contributed by atoms with Crippen molar-refractivity contribution in [1.82, 2.24) is 10.3 Å². The molecule has 0 aromatic carbocycles. The van der Waals surface area contributed by atoms with Gasteiger partial charge in [-0.1, -0.05) is 19.9 Å². The number of aromatic nitrogens is 1. The zero-order chi connectivity index (χ0) is 15.9. The molecule has 0 saturated carbocycles. The van der Waals surface area contributed by atoms with Gasteiger partial charge in [0.25, 0.3) is 0 Å². The molecule has 0 unspecified atom stereocenters. The molecule has 5 nitrogen and oxygen atoms in total. The molecule has 8 heteroatoms. The Kier molecular flexibility index (Phi) is 6.26. The smallest absolute Gasteiger partial charge is 0.422 e. The Balaban J connectivity index is 2.64. The van der Waals surface area contributed by atoms with Crippen LogP contribution in [0.5, 0.6) is 5.88 Å². The average molecular weight is 304 g/mol. The van der Waals surface area contributed by atoms with Gasteiger partial charge in [-0.3, -0.25) is 0 Å². The molecule has 0 aliphatic carbocycles. The summed E-state index contributed by atoms with van der Waals surface area (Å²) in [7, 11) is 0. The highest BCUT2D eigenvalue weighted by molar-refractivity contribution is 5.77. The molecule has 1 aromatic rings. The maximum atomic E-state index is 12.2. The van der Waals surface area contributed by atoms with Gasteiger partial charge in [-0.25, -0.2) is 9.98 Å². The van der Waals surface area contributed by atoms with Gasteiger partial charge in [0.2, 0.25) is 5.88 Å². The first-order chi connectivity index (χ1) is 9.78. The van der Waals surface area contributed by atoms with Gasteiger partial charge in [-0.15, -0.1) is 0 Å². The molecule has 0 spiro atoms. The van der Waals surface area contributed by atoms with Crippen molar-refractivity contribution in [2.45, 2.75) is 26.6 Å². The predicted octanol–water partition coefficient (Wildman–Crippen LogP) is 2.08. The van der Waals surface area contributed by atoms with Gasteiger partial charge in [0.15, 0.2) is 12.6 Å². The van der Waals surface area contributed by atoms with E-state index in [0.717, 1.165) is 0 Å². The van der Waals surface area contributed by atoms with E-state index in [1.54, 1.807) is 12.1 Å². The number of pyridine rings is 1. The van der Waals surface area contributed by atoms with Gasteiger partial charge in [0, 0.05) is 18.3 Å². The summed E-state index contributed by atoms with van der Waals surface area (Å²) in [5.74, 6) is 0.549. The number of aliphatic imine (C=N–C) groups is 1. The first-order valence-electron chi connectivity index (χ1n) is 6.45. The molecule has 21 heavy (non-hydrogen) atoms. The van der Waals surface area contributed by atoms with Crippen molar-refractivity contribution >= 4 is 5.96 Å². The molecule has 0 bridgehead atoms. The van der Waals surface area contributed by atoms with E-state index in [9.17, 15) is 13.2 Å². The van der Waals surface area contributed by atoms with Crippen LogP contribution in [-0.4, -0.2) is 30.3 Å². The summed E-state index contributed by atoms with van der Waals surface area (Å²) in [4.78, 5) is 7.83. The van der Waals surface area contributed by atoms with Crippen molar-refractivity contribution in [3.05, 3.63) is 23.9 Å². The van der Waals surface area contributed by atoms with Crippen molar-refractivity contribution in [2.75, 3.05) is 13.2 Å². The molecule has 1 rings (SSSR count). The lowest BCUT2D eigenvalue weighted by Crippen LogP contribution is -2.34. The van der Waals surface area contributed by atoms with Crippen LogP contribution in [0.15, 0.2) is 23.3 Å². The van der Waals surface area contributed by atoms with E-state index in [0.29, 0.717) is 18.0 Å². The molecule has 0 aliphatic heterocycles. The molecule has 0 saturated heterocycles. The zero-order valence-corrected chi connectivity index (χ0v) is 11.9. The minimum atomic E-state index is -4.41. The van der Waals surface area contributed by atoms with Gasteiger partial charge in [-0.05, 0) is 12.0 Å². The SMILES string of the molecule is CC(C)CNC(N)=NCc1cccnc1OCC(F)(F)F. The second-order valence-corrected chi connectivity index (χ2v) is 4.85. The third kappa shape index (κ3) is 7.38. The van der Waals surface area contributed by atoms with Crippen molar-refractivity contribution < 1.29 is 17.9 Å². The van der Waals surface area contributed by atoms with Gasteiger partial charge >= 0.3 is 6.18 Å². The maximum absolute atomic E-state index is 12.2. The molecule has 3 N–H and O–H groups in total. The van der Waals surface area contributed by atoms with Crippen molar-refractivity contribution in [1.29, 1.82) is 0 Å². The summed E-state index contributed by atoms with van der Waals surface area (Å²) >= 11 is 0. The number of hydrogen-bond donors (Lipinski definition) is 2. The fourth-order valence-corrected chi connectivity index (χ4v) is 1.36. The number of halogens is 3. The van der Waals surface area contributed by atoms with E-state index in [1.807, 2.05) is 13.8 Å². The fraction of sp³-hybridized carbons (Fsp3) is 0.538. The monoisotopic (exact) mass is 304 g/mol. The van der Waals surface area contributed by atoms with Crippen LogP contribution >= 0.6 is 0 Å². The van der Waals surface area contributed by atoms with Gasteiger partial charge in [-0.2, -0.15) is 13.2 Å². The number of alkyl halides is 3. The third-order valence-electron chi connectivity index (χ3n) is 2.33. The van der Waals surface area contributed by atoms with Gasteiger partial charge in [0.05, 0.1) is 6.54 Å². The molecule has 1 heterocycles. The van der Waals surface area contributed by atoms with Crippen LogP contribution in [0.25, 0.3) is 0 Å². The van der Waals surface area contributed by atoms with E-state index in [1.165, 1.54) is 6.20 Å². The number of nitrogens with zero attached hydrogens (tertiary/aromatic N) is 2. The number of hydrogen-bond acceptors (Lipinski definition) is 3. The molecule has 1 aromatic heterocycles. The molecular formula is C13H19F3N4O. The zero-order valence-electron chi connectivity index (χ0n) is 11.9. The number of guanidine groups is 1. The molecule has 0 amide bonds. The Hall–Kier alpha value is -1.99. The first kappa shape index (κ1) is 17.1. The topological polar surface area (TPSA) is 72.5 Å². The third-order valence-corrected chi connectivity index (χ3v) is 2.33. The number of nitrogens with two attached hydrogens (primary N) is 1. The van der Waals surface area contributed by atoms with E-state index in [2.05, 4.69) is 20.0 Å². The second-order valence-electron chi connectivity index (χ2n) is 4.85. The summed E-state index contributed by atoms with van der Waals surface area (Å²) < 4.78 is 41.1. The molecular weight excluding hydrogens is 285 g/mol. The predicted molar refractivity (Wildman–Crippen MR) is 74.0 cm³/mol. The number of ether oxygens (including phenoxy) is 1. The van der Waals surface area contributed by atoms with Crippen LogP contribution in [0.1, 0.15) is 19.4 Å². The Morgan fingerprint density at radius 1 is 1.48 bits per heavy atom. The lowest BCUT2D eigenvalue weighted by molar-refractivity contribution is -0.154. The largest absolute Gasteiger partial charge is 0.468 e. The van der Waals surface area contributed by atoms with Crippen LogP contribution < -0.4 is 15.8 Å². The van der Waals surface area contributed by atoms with Crippen LogP contribution in [-0.2, 0) is 6.54 Å². The normalized spacial score (nSPS) is 12.6. The highest BCUT2D eigenvalue weighted by Gasteiger charge is 2.29. The molecule has 0 atom stereocenters. The molecule has 0 radical (unpaired) electrons. The fourth-order valence-electron chi connectivity index (χ4n) is 1.36. The van der Waals surface area contributed by atoms with Crippen LogP contribution in [0.3, 0.4) is 0 Å². The first-order valence-corrected chi connectivity index (χ1v) is 6.45. The van der Waals surface area contributed by atoms with Crippen LogP contribution in [0, 0.1) is 5.92 Å². The van der Waals surface area contributed by atoms with Crippen LogP contribution in [0.4, 0.5) is 13.2 Å². The van der Waals surface area contributed by atoms with Gasteiger partial charge < -0.3 is 15.8 Å². The number of rotatable bonds is 6. The number of nitrogens with one attached hydrogen (secondary N) is 1. The lowest BCUT2D eigenvalue weighted by Gasteiger charge is -2.11. The Morgan fingerprint density at radius 3 is 2.81 bits per heavy atom. The van der Waals surface area contributed by atoms with E-state index < -0.39 is 12.8 Å². The Bertz CT molecular complexity index is 475. The lowest BCUT2D eigenvalue weighted by atomic mass is 10.2. The molecule has 0 fully saturated rings. The summed E-state index contributed by atoms with van der Waals surface area (Å²) in [6, 6.07) is 3.20. The van der Waals surface area contributed by atoms with Crippen LogP contribution in [0.2, 0.25) is 0 Å². The Morgan fingerprint density at radius 2 is 2.19 bits per heavy atom. The van der Waals surface area contributed by atoms with E-state index in [4.69, 9.17) is 5.73 Å². The summed E-state index contributed by atoms with van der Waals surface area (Å²) in [5.41, 5.74) is 6.10. The minimum absolute atomic E-state index is 0.0877. The summed E-state index contributed by atoms with van der Waals surface area (Å²) in [6.07, 6.45) is -3.05. The van der Waals surface area contributed by atoms with E-state index in [-0.39, 0.29) is 18.4 Å². The minimum Gasteiger partial charge on any atom is -0.468 e. The highest BCUT2D eigenvalue weighted by Crippen LogP contribution is 2.20. The summed E-state index contributed by atoms with van der Waals surface area (Å²) in [5, 5.41) is 2.91. The van der Waals surface area contributed by atoms with E-state index >= 15 is 0 Å². The Labute approximate surface area is 121 Å². The highest BCUT2D eigenvalue weighted by atomic mass is 19.4. The van der Waals surface area contributed by atoms with Crippen molar-refractivity contribution in [3.63, 3.8) is 0 Å². The molecule has 0 aliphatic rings. The van der Waals surface area contributed by atoms with Crippen molar-refractivity contribution in [2.24, 2.45) is 16.6 Å². The van der Waals surface area contributed by atoms with Gasteiger partial charge in [0.1, 0.15) is 0 Å². The average Bonchev–Trinajstić information content (AvgIpc) is 2.40. The standard InChI is InChI=1S/C13H19F3N4O/c1-9(2)6-19-12(17)20-7-10-4-3-5-18-11(10)21-8-13(14,15)16/h3-5,9H,6-8H2,1-2H3,(H3,17,19,20). The molecule has 118 valence electrons. The quantitative estimate of drug-likeness (QED) is 0.623. The van der Waals surface area contributed by atoms with Crippen molar-refractivity contribution in [3.8, 4) is 5.88 Å². The summed E-state index contributed by atoms with van der Waals surface area (Å²) in [6.45, 7) is 3.41. The second kappa shape index (κ2) is 7.70. The maximum Gasteiger partial charge on any atom is 0.422 e.